The number of nitrogens with zero attached hydrogens (tertiary/aromatic N) is 1. The van der Waals surface area contributed by atoms with Gasteiger partial charge in [0.2, 0.25) is 0 Å². The summed E-state index contributed by atoms with van der Waals surface area (Å²) in [6.45, 7) is 2.49. The average Bonchev–Trinajstić information content (AvgIpc) is 2.52. The molecular weight excluding hydrogens is 174 g/mol. The number of benzene rings is 1. The van der Waals surface area contributed by atoms with Crippen molar-refractivity contribution >= 4 is 10.9 Å². The summed E-state index contributed by atoms with van der Waals surface area (Å²) in [5.74, 6) is 0. The van der Waals surface area contributed by atoms with Crippen molar-refractivity contribution in [2.75, 3.05) is 0 Å². The minimum absolute atomic E-state index is 0.501. The van der Waals surface area contributed by atoms with Crippen LogP contribution in [0.15, 0.2) is 18.2 Å². The molecule has 0 fully saturated rings. The first kappa shape index (κ1) is 8.79. The lowest BCUT2D eigenvalue weighted by Crippen LogP contribution is -1.96. The molecule has 0 atom stereocenters. The monoisotopic (exact) mass is 185 g/mol. The molecule has 0 saturated carbocycles. The normalized spacial score (nSPS) is 10.4. The van der Waals surface area contributed by atoms with Crippen molar-refractivity contribution in [3.8, 4) is 6.07 Å². The fraction of sp³-hybridized carbons (Fsp3) is 0.182. The van der Waals surface area contributed by atoms with Crippen molar-refractivity contribution in [1.82, 2.24) is 4.98 Å². The van der Waals surface area contributed by atoms with Gasteiger partial charge in [0, 0.05) is 23.1 Å². The number of rotatable bonds is 1. The number of aromatic amines is 1. The van der Waals surface area contributed by atoms with E-state index >= 15 is 0 Å². The van der Waals surface area contributed by atoms with Crippen LogP contribution >= 0.6 is 0 Å². The quantitative estimate of drug-likeness (QED) is 0.711. The number of aromatic nitrogens is 1. The second kappa shape index (κ2) is 3.17. The van der Waals surface area contributed by atoms with Crippen molar-refractivity contribution in [3.63, 3.8) is 0 Å². The first-order chi connectivity index (χ1) is 6.76. The van der Waals surface area contributed by atoms with Crippen LogP contribution in [0.25, 0.3) is 10.9 Å². The smallest absolute Gasteiger partial charge is 0.0991 e. The van der Waals surface area contributed by atoms with E-state index in [9.17, 15) is 0 Å². The van der Waals surface area contributed by atoms with E-state index in [-0.39, 0.29) is 0 Å². The van der Waals surface area contributed by atoms with Crippen molar-refractivity contribution < 1.29 is 0 Å². The molecule has 0 unspecified atom stereocenters. The molecule has 0 amide bonds. The van der Waals surface area contributed by atoms with E-state index in [1.54, 1.807) is 6.07 Å². The van der Waals surface area contributed by atoms with E-state index in [1.807, 2.05) is 19.1 Å². The Bertz CT molecular complexity index is 517. The standard InChI is InChI=1S/C11H11N3/c1-7-10(6-13)9-4-8(5-12)2-3-11(9)14-7/h2-4,14H,6,13H2,1H3. The summed E-state index contributed by atoms with van der Waals surface area (Å²) < 4.78 is 0. The number of hydrogen-bond donors (Lipinski definition) is 2. The molecule has 0 aliphatic carbocycles. The first-order valence-corrected chi connectivity index (χ1v) is 4.47. The molecule has 3 nitrogen and oxygen atoms in total. The maximum absolute atomic E-state index is 8.78. The van der Waals surface area contributed by atoms with Gasteiger partial charge < -0.3 is 10.7 Å². The predicted octanol–water partition coefficient (Wildman–Crippen LogP) is 1.81. The summed E-state index contributed by atoms with van der Waals surface area (Å²) in [5.41, 5.74) is 9.54. The van der Waals surface area contributed by atoms with Crippen LogP contribution in [-0.4, -0.2) is 4.98 Å². The minimum atomic E-state index is 0.501. The zero-order chi connectivity index (χ0) is 10.1. The van der Waals surface area contributed by atoms with Crippen LogP contribution in [-0.2, 0) is 6.54 Å². The molecule has 1 aromatic heterocycles. The summed E-state index contributed by atoms with van der Waals surface area (Å²) in [5, 5.41) is 9.84. The molecule has 0 aliphatic heterocycles. The number of nitrogens with one attached hydrogen (secondary N) is 1. The molecule has 2 aromatic rings. The maximum atomic E-state index is 8.78. The van der Waals surface area contributed by atoms with Crippen LogP contribution in [0.4, 0.5) is 0 Å². The molecule has 0 radical (unpaired) electrons. The second-order valence-corrected chi connectivity index (χ2v) is 3.30. The Balaban J connectivity index is 2.79. The number of nitrogens with two attached hydrogens (primary N) is 1. The van der Waals surface area contributed by atoms with Crippen LogP contribution in [0.3, 0.4) is 0 Å². The molecular formula is C11H11N3. The Labute approximate surface area is 82.1 Å². The van der Waals surface area contributed by atoms with Gasteiger partial charge in [-0.15, -0.1) is 0 Å². The lowest BCUT2D eigenvalue weighted by Gasteiger charge is -1.95. The highest BCUT2D eigenvalue weighted by atomic mass is 14.7. The Hall–Kier alpha value is -1.79. The zero-order valence-electron chi connectivity index (χ0n) is 7.96. The summed E-state index contributed by atoms with van der Waals surface area (Å²) >= 11 is 0. The van der Waals surface area contributed by atoms with Gasteiger partial charge >= 0.3 is 0 Å². The van der Waals surface area contributed by atoms with Crippen LogP contribution in [0.2, 0.25) is 0 Å². The van der Waals surface area contributed by atoms with E-state index in [1.165, 1.54) is 0 Å². The Morgan fingerprint density at radius 2 is 2.29 bits per heavy atom. The SMILES string of the molecule is Cc1[nH]c2ccc(C#N)cc2c1CN. The number of hydrogen-bond acceptors (Lipinski definition) is 2. The molecule has 0 aliphatic rings. The van der Waals surface area contributed by atoms with Crippen molar-refractivity contribution in [2.45, 2.75) is 13.5 Å². The molecule has 3 heteroatoms. The summed E-state index contributed by atoms with van der Waals surface area (Å²) in [7, 11) is 0. The fourth-order valence-corrected chi connectivity index (χ4v) is 1.71. The number of H-pyrrole nitrogens is 1. The van der Waals surface area contributed by atoms with Crippen LogP contribution < -0.4 is 5.73 Å². The third-order valence-corrected chi connectivity index (χ3v) is 2.45. The van der Waals surface area contributed by atoms with E-state index in [0.29, 0.717) is 12.1 Å². The lowest BCUT2D eigenvalue weighted by molar-refractivity contribution is 1.05. The maximum Gasteiger partial charge on any atom is 0.0991 e. The number of aryl methyl sites for hydroxylation is 1. The van der Waals surface area contributed by atoms with Gasteiger partial charge in [-0.1, -0.05) is 0 Å². The third-order valence-electron chi connectivity index (χ3n) is 2.45. The van der Waals surface area contributed by atoms with Crippen molar-refractivity contribution in [2.24, 2.45) is 5.73 Å². The van der Waals surface area contributed by atoms with Crippen LogP contribution in [0.1, 0.15) is 16.8 Å². The molecule has 2 rings (SSSR count). The van der Waals surface area contributed by atoms with Crippen LogP contribution in [0.5, 0.6) is 0 Å². The zero-order valence-corrected chi connectivity index (χ0v) is 7.96. The van der Waals surface area contributed by atoms with E-state index in [4.69, 9.17) is 11.0 Å². The topological polar surface area (TPSA) is 65.6 Å². The molecule has 1 heterocycles. The second-order valence-electron chi connectivity index (χ2n) is 3.30. The van der Waals surface area contributed by atoms with Gasteiger partial charge in [-0.3, -0.25) is 0 Å². The molecule has 3 N–H and O–H groups in total. The molecule has 0 bridgehead atoms. The van der Waals surface area contributed by atoms with Crippen molar-refractivity contribution in [3.05, 3.63) is 35.0 Å². The average molecular weight is 185 g/mol. The van der Waals surface area contributed by atoms with Gasteiger partial charge in [0.05, 0.1) is 11.6 Å². The predicted molar refractivity (Wildman–Crippen MR) is 55.6 cm³/mol. The number of fused-ring (bicyclic) bond motifs is 1. The highest BCUT2D eigenvalue weighted by Crippen LogP contribution is 2.22. The van der Waals surface area contributed by atoms with Gasteiger partial charge in [-0.25, -0.2) is 0 Å². The van der Waals surface area contributed by atoms with Gasteiger partial charge in [-0.05, 0) is 30.7 Å². The Morgan fingerprint density at radius 1 is 1.50 bits per heavy atom. The highest BCUT2D eigenvalue weighted by Gasteiger charge is 2.06. The molecule has 0 saturated heterocycles. The molecule has 14 heavy (non-hydrogen) atoms. The van der Waals surface area contributed by atoms with Gasteiger partial charge in [0.1, 0.15) is 0 Å². The molecule has 70 valence electrons. The highest BCUT2D eigenvalue weighted by molar-refractivity contribution is 5.85. The van der Waals surface area contributed by atoms with Gasteiger partial charge in [0.25, 0.3) is 0 Å². The third kappa shape index (κ3) is 1.17. The molecule has 0 spiro atoms. The summed E-state index contributed by atoms with van der Waals surface area (Å²) in [6.07, 6.45) is 0. The van der Waals surface area contributed by atoms with Gasteiger partial charge in [0.15, 0.2) is 0 Å². The van der Waals surface area contributed by atoms with E-state index in [2.05, 4.69) is 11.1 Å². The Morgan fingerprint density at radius 3 is 2.93 bits per heavy atom. The first-order valence-electron chi connectivity index (χ1n) is 4.47. The summed E-state index contributed by atoms with van der Waals surface area (Å²) in [6, 6.07) is 7.72. The van der Waals surface area contributed by atoms with E-state index in [0.717, 1.165) is 22.2 Å². The molecule has 1 aromatic carbocycles. The van der Waals surface area contributed by atoms with E-state index < -0.39 is 0 Å². The van der Waals surface area contributed by atoms with Crippen molar-refractivity contribution in [1.29, 1.82) is 5.26 Å². The lowest BCUT2D eigenvalue weighted by atomic mass is 10.1. The fourth-order valence-electron chi connectivity index (χ4n) is 1.71. The summed E-state index contributed by atoms with van der Waals surface area (Å²) in [4.78, 5) is 3.24. The Kier molecular flexibility index (Phi) is 1.99. The largest absolute Gasteiger partial charge is 0.358 e. The van der Waals surface area contributed by atoms with Gasteiger partial charge in [-0.2, -0.15) is 5.26 Å². The van der Waals surface area contributed by atoms with Crippen LogP contribution in [0, 0.1) is 18.3 Å². The number of nitriles is 1. The minimum Gasteiger partial charge on any atom is -0.358 e.